The monoisotopic (exact) mass is 406 g/mol. The van der Waals surface area contributed by atoms with Gasteiger partial charge in [0.25, 0.3) is 5.91 Å². The van der Waals surface area contributed by atoms with E-state index in [-0.39, 0.29) is 17.9 Å². The van der Waals surface area contributed by atoms with E-state index < -0.39 is 31.0 Å². The zero-order chi connectivity index (χ0) is 21.2. The van der Waals surface area contributed by atoms with Crippen LogP contribution in [0.3, 0.4) is 0 Å². The predicted octanol–water partition coefficient (Wildman–Crippen LogP) is 2.76. The molecule has 9 heteroatoms. The Hall–Kier alpha value is -3.49. The normalized spacial score (nSPS) is 10.3. The van der Waals surface area contributed by atoms with Crippen molar-refractivity contribution in [2.45, 2.75) is 20.0 Å². The van der Waals surface area contributed by atoms with E-state index in [0.717, 1.165) is 12.0 Å². The van der Waals surface area contributed by atoms with E-state index >= 15 is 0 Å². The van der Waals surface area contributed by atoms with Gasteiger partial charge in [-0.15, -0.1) is 0 Å². The van der Waals surface area contributed by atoms with E-state index in [1.807, 2.05) is 19.1 Å². The molecule has 154 valence electrons. The molecule has 0 bridgehead atoms. The molecule has 2 aromatic rings. The van der Waals surface area contributed by atoms with Crippen LogP contribution in [0.15, 0.2) is 48.5 Å². The number of hydrogen-bond acceptors (Lipinski definition) is 5. The Morgan fingerprint density at radius 2 is 1.69 bits per heavy atom. The molecule has 0 aliphatic carbocycles. The smallest absolute Gasteiger partial charge is 0.387 e. The van der Waals surface area contributed by atoms with Crippen molar-refractivity contribution in [1.29, 1.82) is 0 Å². The number of rotatable bonds is 9. The Balaban J connectivity index is 1.81. The van der Waals surface area contributed by atoms with Crippen LogP contribution in [0.25, 0.3) is 0 Å². The Morgan fingerprint density at radius 1 is 1.00 bits per heavy atom. The van der Waals surface area contributed by atoms with Gasteiger partial charge in [-0.2, -0.15) is 8.78 Å². The van der Waals surface area contributed by atoms with E-state index in [1.165, 1.54) is 24.3 Å². The van der Waals surface area contributed by atoms with Crippen LogP contribution in [0.2, 0.25) is 0 Å². The maximum atomic E-state index is 12.4. The number of ether oxygens (including phenoxy) is 2. The summed E-state index contributed by atoms with van der Waals surface area (Å²) < 4.78 is 33.8. The largest absolute Gasteiger partial charge is 0.452 e. The van der Waals surface area contributed by atoms with Gasteiger partial charge in [0, 0.05) is 5.69 Å². The number of amides is 2. The molecule has 29 heavy (non-hydrogen) atoms. The van der Waals surface area contributed by atoms with Crippen LogP contribution >= 0.6 is 0 Å². The number of anilines is 1. The molecule has 2 N–H and O–H groups in total. The number of aryl methyl sites for hydroxylation is 1. The molecule has 0 aliphatic rings. The van der Waals surface area contributed by atoms with Crippen LogP contribution in [-0.2, 0) is 20.7 Å². The van der Waals surface area contributed by atoms with Gasteiger partial charge in [0.15, 0.2) is 6.61 Å². The topological polar surface area (TPSA) is 93.7 Å². The summed E-state index contributed by atoms with van der Waals surface area (Å²) in [5, 5.41) is 5.00. The van der Waals surface area contributed by atoms with Crippen LogP contribution in [0, 0.1) is 0 Å². The molecular formula is C20H20F2N2O5. The Labute approximate surface area is 166 Å². The Morgan fingerprint density at radius 3 is 2.41 bits per heavy atom. The standard InChI is InChI=1S/C20H20F2N2O5/c1-2-13-7-3-5-9-15(13)24-17(25)11-23-18(26)12-28-19(27)14-8-4-6-10-16(14)29-20(21)22/h3-10,20H,2,11-12H2,1H3,(H,23,26)(H,24,25). The minimum atomic E-state index is -3.11. The summed E-state index contributed by atoms with van der Waals surface area (Å²) in [4.78, 5) is 35.8. The van der Waals surface area contributed by atoms with Gasteiger partial charge in [0.1, 0.15) is 11.3 Å². The molecule has 2 rings (SSSR count). The van der Waals surface area contributed by atoms with Gasteiger partial charge in [-0.25, -0.2) is 4.79 Å². The fourth-order valence-electron chi connectivity index (χ4n) is 2.42. The number of carbonyl (C=O) groups excluding carboxylic acids is 3. The Bertz CT molecular complexity index is 873. The highest BCUT2D eigenvalue weighted by Gasteiger charge is 2.18. The first-order chi connectivity index (χ1) is 13.9. The van der Waals surface area contributed by atoms with Gasteiger partial charge in [-0.1, -0.05) is 37.3 Å². The van der Waals surface area contributed by atoms with Gasteiger partial charge in [-0.3, -0.25) is 9.59 Å². The van der Waals surface area contributed by atoms with Gasteiger partial charge in [0.2, 0.25) is 5.91 Å². The van der Waals surface area contributed by atoms with Crippen LogP contribution in [0.1, 0.15) is 22.8 Å². The lowest BCUT2D eigenvalue weighted by Crippen LogP contribution is -2.35. The summed E-state index contributed by atoms with van der Waals surface area (Å²) in [6.45, 7) is -2.16. The van der Waals surface area contributed by atoms with E-state index in [1.54, 1.807) is 12.1 Å². The molecular weight excluding hydrogens is 386 g/mol. The van der Waals surface area contributed by atoms with E-state index in [0.29, 0.717) is 5.69 Å². The summed E-state index contributed by atoms with van der Waals surface area (Å²) in [5.41, 5.74) is 1.36. The summed E-state index contributed by atoms with van der Waals surface area (Å²) in [6, 6.07) is 12.5. The third kappa shape index (κ3) is 6.87. The SMILES string of the molecule is CCc1ccccc1NC(=O)CNC(=O)COC(=O)c1ccccc1OC(F)F. The molecule has 0 unspecified atom stereocenters. The third-order valence-corrected chi connectivity index (χ3v) is 3.78. The maximum Gasteiger partial charge on any atom is 0.387 e. The summed E-state index contributed by atoms with van der Waals surface area (Å²) >= 11 is 0. The minimum absolute atomic E-state index is 0.241. The van der Waals surface area contributed by atoms with Crippen LogP contribution in [-0.4, -0.2) is 37.5 Å². The van der Waals surface area contributed by atoms with Crippen molar-refractivity contribution in [3.8, 4) is 5.75 Å². The lowest BCUT2D eigenvalue weighted by Gasteiger charge is -2.11. The van der Waals surface area contributed by atoms with Crippen molar-refractivity contribution >= 4 is 23.5 Å². The summed E-state index contributed by atoms with van der Waals surface area (Å²) in [5.74, 6) is -2.52. The van der Waals surface area contributed by atoms with Gasteiger partial charge in [0.05, 0.1) is 6.54 Å². The summed E-state index contributed by atoms with van der Waals surface area (Å²) in [6.07, 6.45) is 0.732. The number of benzene rings is 2. The highest BCUT2D eigenvalue weighted by atomic mass is 19.3. The molecule has 2 amide bonds. The average Bonchev–Trinajstić information content (AvgIpc) is 2.71. The van der Waals surface area contributed by atoms with Gasteiger partial charge in [-0.05, 0) is 30.2 Å². The molecule has 0 saturated heterocycles. The van der Waals surface area contributed by atoms with E-state index in [4.69, 9.17) is 4.74 Å². The number of nitrogens with one attached hydrogen (secondary N) is 2. The van der Waals surface area contributed by atoms with Crippen molar-refractivity contribution in [2.24, 2.45) is 0 Å². The molecule has 0 saturated carbocycles. The molecule has 0 spiro atoms. The molecule has 0 aliphatic heterocycles. The first-order valence-electron chi connectivity index (χ1n) is 8.76. The second-order valence-corrected chi connectivity index (χ2v) is 5.79. The number of halogens is 2. The molecule has 2 aromatic carbocycles. The van der Waals surface area contributed by atoms with Crippen LogP contribution in [0.5, 0.6) is 5.75 Å². The number of carbonyl (C=O) groups is 3. The average molecular weight is 406 g/mol. The van der Waals surface area contributed by atoms with Crippen LogP contribution in [0.4, 0.5) is 14.5 Å². The van der Waals surface area contributed by atoms with Crippen molar-refractivity contribution in [2.75, 3.05) is 18.5 Å². The number of para-hydroxylation sites is 2. The molecule has 0 radical (unpaired) electrons. The first kappa shape index (κ1) is 21.8. The van der Waals surface area contributed by atoms with Crippen molar-refractivity contribution < 1.29 is 32.6 Å². The molecule has 0 heterocycles. The fourth-order valence-corrected chi connectivity index (χ4v) is 2.42. The Kier molecular flexibility index (Phi) is 8.08. The summed E-state index contributed by atoms with van der Waals surface area (Å²) in [7, 11) is 0. The third-order valence-electron chi connectivity index (χ3n) is 3.78. The predicted molar refractivity (Wildman–Crippen MR) is 101 cm³/mol. The second kappa shape index (κ2) is 10.7. The zero-order valence-electron chi connectivity index (χ0n) is 15.6. The number of alkyl halides is 2. The fraction of sp³-hybridized carbons (Fsp3) is 0.250. The lowest BCUT2D eigenvalue weighted by molar-refractivity contribution is -0.126. The second-order valence-electron chi connectivity index (χ2n) is 5.79. The number of esters is 1. The van der Waals surface area contributed by atoms with E-state index in [9.17, 15) is 23.2 Å². The van der Waals surface area contributed by atoms with E-state index in [2.05, 4.69) is 15.4 Å². The quantitative estimate of drug-likeness (QED) is 0.625. The lowest BCUT2D eigenvalue weighted by atomic mass is 10.1. The molecule has 0 atom stereocenters. The molecule has 0 aromatic heterocycles. The van der Waals surface area contributed by atoms with Crippen molar-refractivity contribution in [3.63, 3.8) is 0 Å². The highest BCUT2D eigenvalue weighted by molar-refractivity contribution is 5.96. The minimum Gasteiger partial charge on any atom is -0.452 e. The first-order valence-corrected chi connectivity index (χ1v) is 8.76. The number of hydrogen-bond donors (Lipinski definition) is 2. The maximum absolute atomic E-state index is 12.4. The molecule has 0 fully saturated rings. The van der Waals surface area contributed by atoms with Gasteiger partial charge < -0.3 is 20.1 Å². The van der Waals surface area contributed by atoms with Crippen molar-refractivity contribution in [1.82, 2.24) is 5.32 Å². The van der Waals surface area contributed by atoms with Crippen molar-refractivity contribution in [3.05, 3.63) is 59.7 Å². The van der Waals surface area contributed by atoms with Crippen LogP contribution < -0.4 is 15.4 Å². The molecule has 7 nitrogen and oxygen atoms in total. The van der Waals surface area contributed by atoms with Gasteiger partial charge >= 0.3 is 12.6 Å². The highest BCUT2D eigenvalue weighted by Crippen LogP contribution is 2.21. The zero-order valence-corrected chi connectivity index (χ0v) is 15.6.